The first kappa shape index (κ1) is 99.2. The van der Waals surface area contributed by atoms with Crippen LogP contribution in [0.2, 0.25) is 0 Å². The summed E-state index contributed by atoms with van der Waals surface area (Å²) in [7, 11) is 17.1. The third-order valence-corrected chi connectivity index (χ3v) is 19.2. The number of aliphatic hydroxyl groups excluding tert-OH is 3. The first-order chi connectivity index (χ1) is 59.1. The predicted octanol–water partition coefficient (Wildman–Crippen LogP) is 12.9. The highest BCUT2D eigenvalue weighted by molar-refractivity contribution is 9.10. The molecule has 0 aliphatic carbocycles. The van der Waals surface area contributed by atoms with Gasteiger partial charge < -0.3 is 97.0 Å². The number of morpholine rings is 2. The number of esters is 6. The Morgan fingerprint density at radius 3 is 1.31 bits per heavy atom. The van der Waals surface area contributed by atoms with E-state index in [2.05, 4.69) is 88.7 Å². The number of carbonyl (C=O) groups is 6. The lowest BCUT2D eigenvalue weighted by molar-refractivity contribution is -0.0330. The molecule has 9 aromatic carbocycles. The summed E-state index contributed by atoms with van der Waals surface area (Å²) in [6.07, 6.45) is 1.01. The van der Waals surface area contributed by atoms with Crippen molar-refractivity contribution in [1.29, 1.82) is 0 Å². The van der Waals surface area contributed by atoms with Crippen molar-refractivity contribution in [2.24, 2.45) is 0 Å². The van der Waals surface area contributed by atoms with Crippen LogP contribution in [0.25, 0.3) is 6.08 Å². The molecular weight excluding hydrogens is 1640 g/mol. The van der Waals surface area contributed by atoms with Gasteiger partial charge in [0.1, 0.15) is 74.0 Å². The van der Waals surface area contributed by atoms with Gasteiger partial charge in [0, 0.05) is 69.9 Å². The molecule has 3 fully saturated rings. The molecule has 3 aliphatic rings. The first-order valence-electron chi connectivity index (χ1n) is 38.7. The van der Waals surface area contributed by atoms with Crippen LogP contribution in [-0.2, 0) is 62.3 Å². The highest BCUT2D eigenvalue weighted by atomic mass is 79.9. The van der Waals surface area contributed by atoms with Gasteiger partial charge in [-0.25, -0.2) is 28.8 Å². The topological polar surface area (TPSA) is 335 Å². The third kappa shape index (κ3) is 32.1. The minimum Gasteiger partial charge on any atom is -0.496 e. The van der Waals surface area contributed by atoms with E-state index < -0.39 is 41.9 Å². The fourth-order valence-electron chi connectivity index (χ4n) is 12.2. The van der Waals surface area contributed by atoms with Crippen molar-refractivity contribution in [2.45, 2.75) is 44.1 Å². The van der Waals surface area contributed by atoms with E-state index in [1.807, 2.05) is 95.9 Å². The number of benzene rings is 9. The zero-order valence-corrected chi connectivity index (χ0v) is 72.5. The standard InChI is InChI=1S/C20H25NO5.C20H23NO4.C13H17NO4.C11H12O4.C11H12O3.C9H9BrO3.C9H13NO/c1-25-19-12-16(8-9-17(19)20(24)26-2)18(23)14-21(10-11-22)13-15-6-4-3-5-7-15;1-23-18-12-16(8-9-17(18)20(22)24-2)19-14-21(10-11-25-19)13-15-6-4-3-5-7-15;1-16-11-7-9(12-8-14-5-6-18-12)3-4-10(11)13(15)17-2;1-13-9-5-7(10-6-15-10)3-4-8(9)11(12)14-2;1-4-8-5-6-9(11(12)14-3)10(7-8)13-2;1-12-8-5-6(10)3-4-7(8)9(11)13-2;11-7-6-10-8-9-4-2-1-3-5-9/h3-9,12,18,22-23H,10-11,13-14H2,1-2H3;3-9,12,19H,10-11,13-14H2,1-2H3;3-4,7,12,14H,5-6,8H2,1-2H3;3-5,10H,6H2,1-2H3;4-7H,1H2,2-3H3;3-5H,1-2H3;1-5,10-11H,6-8H2. The number of hydrogen-bond acceptors (Lipinski definition) is 28. The molecule has 3 aliphatic heterocycles. The quantitative estimate of drug-likeness (QED) is 0.0126. The maximum Gasteiger partial charge on any atom is 0.341 e. The van der Waals surface area contributed by atoms with Crippen molar-refractivity contribution in [3.63, 3.8) is 0 Å². The molecule has 0 saturated carbocycles. The smallest absolute Gasteiger partial charge is 0.341 e. The molecule has 3 heterocycles. The first-order valence-corrected chi connectivity index (χ1v) is 39.5. The Bertz CT molecular complexity index is 4710. The van der Waals surface area contributed by atoms with E-state index in [-0.39, 0.29) is 31.5 Å². The number of halogens is 1. The van der Waals surface area contributed by atoms with Gasteiger partial charge in [-0.2, -0.15) is 0 Å². The van der Waals surface area contributed by atoms with Crippen LogP contribution in [0.5, 0.6) is 34.5 Å². The molecule has 9 aromatic rings. The van der Waals surface area contributed by atoms with Gasteiger partial charge in [-0.1, -0.05) is 150 Å². The van der Waals surface area contributed by atoms with Gasteiger partial charge in [0.25, 0.3) is 0 Å². The van der Waals surface area contributed by atoms with E-state index in [0.717, 1.165) is 78.2 Å². The Labute approximate surface area is 721 Å². The second-order valence-corrected chi connectivity index (χ2v) is 27.5. The van der Waals surface area contributed by atoms with Crippen LogP contribution >= 0.6 is 15.9 Å². The molecule has 4 atom stereocenters. The molecule has 5 N–H and O–H groups in total. The number of rotatable bonds is 29. The van der Waals surface area contributed by atoms with Gasteiger partial charge in [-0.05, 0) is 123 Å². The molecular formula is C93H111BrN4O24. The molecule has 0 bridgehead atoms. The van der Waals surface area contributed by atoms with Crippen LogP contribution in [0, 0.1) is 0 Å². The third-order valence-electron chi connectivity index (χ3n) is 18.7. The fourth-order valence-corrected chi connectivity index (χ4v) is 12.5. The van der Waals surface area contributed by atoms with E-state index in [4.69, 9.17) is 61.9 Å². The van der Waals surface area contributed by atoms with E-state index in [0.29, 0.717) is 113 Å². The Balaban J connectivity index is 0.000000225. The lowest BCUT2D eigenvalue weighted by Gasteiger charge is -2.33. The second-order valence-electron chi connectivity index (χ2n) is 26.6. The van der Waals surface area contributed by atoms with Gasteiger partial charge in [0.05, 0.1) is 137 Å². The van der Waals surface area contributed by atoms with Gasteiger partial charge in [-0.3, -0.25) is 9.80 Å². The molecule has 0 amide bonds. The molecule has 0 spiro atoms. The number of nitrogens with one attached hydrogen (secondary N) is 2. The number of aliphatic hydroxyl groups is 3. The van der Waals surface area contributed by atoms with Gasteiger partial charge in [0.2, 0.25) is 0 Å². The average molecular weight is 1750 g/mol. The number of carbonyl (C=O) groups excluding carboxylic acids is 6. The largest absolute Gasteiger partial charge is 0.496 e. The molecule has 654 valence electrons. The van der Waals surface area contributed by atoms with Crippen LogP contribution < -0.4 is 39.1 Å². The Morgan fingerprint density at radius 2 is 0.885 bits per heavy atom. The number of nitrogens with zero attached hydrogens (tertiary/aromatic N) is 2. The van der Waals surface area contributed by atoms with Crippen molar-refractivity contribution >= 4 is 57.8 Å². The average Bonchev–Trinajstić information content (AvgIpc) is 1.25. The van der Waals surface area contributed by atoms with Crippen LogP contribution in [0.3, 0.4) is 0 Å². The molecule has 0 aromatic heterocycles. The van der Waals surface area contributed by atoms with E-state index in [1.165, 1.54) is 89.3 Å². The van der Waals surface area contributed by atoms with E-state index >= 15 is 0 Å². The Kier molecular flexibility index (Phi) is 44.4. The highest BCUT2D eigenvalue weighted by Crippen LogP contribution is 2.35. The molecule has 12 rings (SSSR count). The number of epoxide rings is 1. The number of hydrogen-bond donors (Lipinski definition) is 5. The summed E-state index contributed by atoms with van der Waals surface area (Å²) in [6.45, 7) is 13.1. The van der Waals surface area contributed by atoms with E-state index in [9.17, 15) is 39.0 Å². The lowest BCUT2D eigenvalue weighted by atomic mass is 10.0. The normalized spacial score (nSPS) is 14.3. The fraction of sp³-hybridized carbons (Fsp3) is 0.333. The monoisotopic (exact) mass is 1750 g/mol. The van der Waals surface area contributed by atoms with E-state index in [1.54, 1.807) is 86.0 Å². The maximum atomic E-state index is 11.8. The van der Waals surface area contributed by atoms with Crippen molar-refractivity contribution in [3.8, 4) is 34.5 Å². The van der Waals surface area contributed by atoms with Crippen LogP contribution in [-0.4, -0.2) is 225 Å². The van der Waals surface area contributed by atoms with Gasteiger partial charge >= 0.3 is 35.8 Å². The zero-order chi connectivity index (χ0) is 88.7. The molecule has 28 nitrogen and oxygen atoms in total. The van der Waals surface area contributed by atoms with Crippen LogP contribution in [0.1, 0.15) is 131 Å². The minimum atomic E-state index is -0.786. The van der Waals surface area contributed by atoms with Crippen molar-refractivity contribution in [1.82, 2.24) is 20.4 Å². The summed E-state index contributed by atoms with van der Waals surface area (Å²) in [4.78, 5) is 73.2. The summed E-state index contributed by atoms with van der Waals surface area (Å²) >= 11 is 3.28. The van der Waals surface area contributed by atoms with Crippen LogP contribution in [0.4, 0.5) is 0 Å². The maximum absolute atomic E-state index is 11.8. The minimum absolute atomic E-state index is 0.000605. The highest BCUT2D eigenvalue weighted by Gasteiger charge is 2.28. The second kappa shape index (κ2) is 54.6. The lowest BCUT2D eigenvalue weighted by Crippen LogP contribution is -2.37. The molecule has 122 heavy (non-hydrogen) atoms. The van der Waals surface area contributed by atoms with Gasteiger partial charge in [0.15, 0.2) is 0 Å². The SMILES string of the molecule is C=Cc1ccc(C(=O)OC)c(OC)c1.COC(=O)c1ccc(Br)cc1OC.COC(=O)c1ccc(C(O)CN(CCO)Cc2ccccc2)cc1OC.COC(=O)c1ccc(C2CN(Cc3ccccc3)CCO2)cc1OC.COC(=O)c1ccc(C2CNCCO2)cc1OC.COC(=O)c1ccc(C2CO2)cc1OC.OCCNCc1ccccc1. The Hall–Kier alpha value is -11.6. The Morgan fingerprint density at radius 1 is 0.484 bits per heavy atom. The van der Waals surface area contributed by atoms with Crippen molar-refractivity contribution < 1.29 is 115 Å². The molecule has 29 heteroatoms. The number of ether oxygens (including phenoxy) is 15. The predicted molar refractivity (Wildman–Crippen MR) is 463 cm³/mol. The summed E-state index contributed by atoms with van der Waals surface area (Å²) < 4.78 is 76.7. The van der Waals surface area contributed by atoms with Crippen LogP contribution in [0.15, 0.2) is 211 Å². The number of methoxy groups -OCH3 is 12. The summed E-state index contributed by atoms with van der Waals surface area (Å²) in [5, 5.41) is 34.8. The van der Waals surface area contributed by atoms with Crippen molar-refractivity contribution in [2.75, 3.05) is 164 Å². The zero-order valence-electron chi connectivity index (χ0n) is 70.9. The molecule has 3 saturated heterocycles. The summed E-state index contributed by atoms with van der Waals surface area (Å²) in [5.74, 6) is 0.391. The molecule has 0 radical (unpaired) electrons. The van der Waals surface area contributed by atoms with Gasteiger partial charge in [-0.15, -0.1) is 0 Å². The summed E-state index contributed by atoms with van der Waals surface area (Å²) in [6, 6.07) is 61.9. The summed E-state index contributed by atoms with van der Waals surface area (Å²) in [5.41, 5.74) is 10.6. The molecule has 4 unspecified atom stereocenters. The van der Waals surface area contributed by atoms with Crippen molar-refractivity contribution in [3.05, 3.63) is 289 Å².